The molecule has 2 aliphatic heterocycles. The molecular weight excluding hydrogens is 634 g/mol. The fourth-order valence-electron chi connectivity index (χ4n) is 4.10. The molecule has 2 aromatic heterocycles. The number of nitrogens with one attached hydrogen (secondary N) is 1. The minimum absolute atomic E-state index is 0.0808. The van der Waals surface area contributed by atoms with Gasteiger partial charge in [0, 0.05) is 79.0 Å². The molecule has 0 atom stereocenters. The summed E-state index contributed by atoms with van der Waals surface area (Å²) in [5, 5.41) is 10.1. The van der Waals surface area contributed by atoms with Crippen molar-refractivity contribution in [1.82, 2.24) is 39.6 Å². The summed E-state index contributed by atoms with van der Waals surface area (Å²) < 4.78 is 80.0. The Kier molecular flexibility index (Phi) is 13.7. The summed E-state index contributed by atoms with van der Waals surface area (Å²) in [6.07, 6.45) is -4.96. The summed E-state index contributed by atoms with van der Waals surface area (Å²) in [5.41, 5.74) is -1.88. The molecule has 20 heteroatoms. The smallest absolute Gasteiger partial charge is 0.394 e. The summed E-state index contributed by atoms with van der Waals surface area (Å²) in [5.74, 6) is -1.21. The van der Waals surface area contributed by atoms with Crippen molar-refractivity contribution in [2.45, 2.75) is 46.0 Å². The van der Waals surface area contributed by atoms with Gasteiger partial charge in [0.05, 0.1) is 23.5 Å². The number of carbonyl (C=O) groups excluding carboxylic acids is 5. The molecule has 2 fully saturated rings. The summed E-state index contributed by atoms with van der Waals surface area (Å²) in [6, 6.07) is -1.13. The lowest BCUT2D eigenvalue weighted by Crippen LogP contribution is -2.38. The van der Waals surface area contributed by atoms with Gasteiger partial charge in [0.1, 0.15) is 0 Å². The number of esters is 2. The summed E-state index contributed by atoms with van der Waals surface area (Å²) in [4.78, 5) is 59.5. The van der Waals surface area contributed by atoms with Crippen LogP contribution in [0, 0.1) is 0 Å². The molecule has 0 spiro atoms. The zero-order valence-electron chi connectivity index (χ0n) is 25.2. The normalized spacial score (nSPS) is 15.7. The molecule has 0 bridgehead atoms. The molecule has 2 aromatic rings. The Morgan fingerprint density at radius 3 is 1.50 bits per heavy atom. The van der Waals surface area contributed by atoms with E-state index in [0.717, 1.165) is 23.8 Å². The maximum Gasteiger partial charge on any atom is 0.419 e. The molecule has 2 aliphatic rings. The van der Waals surface area contributed by atoms with Crippen LogP contribution in [0.2, 0.25) is 0 Å². The van der Waals surface area contributed by atoms with Crippen molar-refractivity contribution in [1.29, 1.82) is 0 Å². The van der Waals surface area contributed by atoms with Crippen molar-refractivity contribution in [2.75, 3.05) is 52.4 Å². The Morgan fingerprint density at radius 1 is 0.652 bits per heavy atom. The number of hydrogen-bond acceptors (Lipinski definition) is 9. The van der Waals surface area contributed by atoms with E-state index in [1.54, 1.807) is 4.90 Å². The molecule has 0 saturated carbocycles. The lowest BCUT2D eigenvalue weighted by atomic mass is 10.3. The first-order valence-electron chi connectivity index (χ1n) is 13.9. The lowest BCUT2D eigenvalue weighted by Gasteiger charge is -2.20. The summed E-state index contributed by atoms with van der Waals surface area (Å²) in [7, 11) is 0. The minimum Gasteiger partial charge on any atom is -0.394 e. The van der Waals surface area contributed by atoms with Crippen molar-refractivity contribution in [3.8, 4) is 0 Å². The highest BCUT2D eigenvalue weighted by Crippen LogP contribution is 2.29. The van der Waals surface area contributed by atoms with Crippen LogP contribution in [0.1, 0.15) is 44.7 Å². The van der Waals surface area contributed by atoms with Gasteiger partial charge >= 0.3 is 36.4 Å². The van der Waals surface area contributed by atoms with Gasteiger partial charge in [-0.3, -0.25) is 14.4 Å². The van der Waals surface area contributed by atoms with E-state index in [1.165, 1.54) is 30.6 Å². The standard InChI is InChI=1S/C12H15F3N4O2.C10H13F3N4O.C4H6O3/c1-9(20)17-3-2-4-18(6-5-17)11(21)19-8-10(7-16-19)12(13,14)15;11-10(12,13)8-6-15-17(7-8)9(18)16-4-1-2-14-3-5-16;1-3(5)7-4(2)6/h7-8H,2-6H2,1H3;6-7,14H,1-5H2;1-2H3. The highest BCUT2D eigenvalue weighted by atomic mass is 19.4. The van der Waals surface area contributed by atoms with Gasteiger partial charge in [-0.1, -0.05) is 0 Å². The van der Waals surface area contributed by atoms with E-state index >= 15 is 0 Å². The second-order valence-corrected chi connectivity index (χ2v) is 9.93. The van der Waals surface area contributed by atoms with Crippen LogP contribution in [-0.4, -0.2) is 117 Å². The molecule has 1 N–H and O–H groups in total. The van der Waals surface area contributed by atoms with Gasteiger partial charge in [-0.05, 0) is 19.4 Å². The van der Waals surface area contributed by atoms with Crippen molar-refractivity contribution in [3.63, 3.8) is 0 Å². The lowest BCUT2D eigenvalue weighted by molar-refractivity contribution is -0.156. The van der Waals surface area contributed by atoms with Crippen LogP contribution in [0.5, 0.6) is 0 Å². The summed E-state index contributed by atoms with van der Waals surface area (Å²) in [6.45, 7) is 7.80. The molecule has 4 heterocycles. The molecule has 3 amide bonds. The number of alkyl halides is 6. The minimum atomic E-state index is -4.53. The molecule has 0 aromatic carbocycles. The highest BCUT2D eigenvalue weighted by Gasteiger charge is 2.34. The molecule has 0 unspecified atom stereocenters. The van der Waals surface area contributed by atoms with Crippen LogP contribution >= 0.6 is 0 Å². The first-order chi connectivity index (χ1) is 21.4. The second-order valence-electron chi connectivity index (χ2n) is 9.93. The molecule has 0 radical (unpaired) electrons. The molecule has 0 aliphatic carbocycles. The third-order valence-electron chi connectivity index (χ3n) is 6.32. The number of aromatic nitrogens is 4. The zero-order chi connectivity index (χ0) is 34.7. The van der Waals surface area contributed by atoms with Crippen LogP contribution < -0.4 is 5.32 Å². The average Bonchev–Trinajstić information content (AvgIpc) is 3.50. The number of carbonyl (C=O) groups is 5. The fraction of sp³-hybridized carbons (Fsp3) is 0.577. The Bertz CT molecular complexity index is 1340. The highest BCUT2D eigenvalue weighted by molar-refractivity contribution is 5.82. The predicted molar refractivity (Wildman–Crippen MR) is 146 cm³/mol. The van der Waals surface area contributed by atoms with Gasteiger partial charge in [0.2, 0.25) is 5.91 Å². The Morgan fingerprint density at radius 2 is 1.09 bits per heavy atom. The van der Waals surface area contributed by atoms with Crippen LogP contribution in [0.4, 0.5) is 35.9 Å². The second kappa shape index (κ2) is 16.7. The molecule has 14 nitrogen and oxygen atoms in total. The van der Waals surface area contributed by atoms with Gasteiger partial charge in [0.25, 0.3) is 0 Å². The SMILES string of the molecule is CC(=O)N1CCCN(C(=O)n2cc(C(F)(F)F)cn2)CC1.CC(=O)OC(C)=O.O=C(N1CCCNCC1)n1cc(C(F)(F)F)cn1. The van der Waals surface area contributed by atoms with E-state index in [9.17, 15) is 50.3 Å². The van der Waals surface area contributed by atoms with E-state index < -0.39 is 47.5 Å². The third kappa shape index (κ3) is 12.1. The van der Waals surface area contributed by atoms with Crippen LogP contribution in [-0.2, 0) is 31.5 Å². The molecular formula is C26H34F6N8O6. The number of nitrogens with zero attached hydrogens (tertiary/aromatic N) is 7. The third-order valence-corrected chi connectivity index (χ3v) is 6.32. The molecule has 46 heavy (non-hydrogen) atoms. The number of rotatable bonds is 0. The quantitative estimate of drug-likeness (QED) is 0.254. The topological polar surface area (TPSA) is 152 Å². The van der Waals surface area contributed by atoms with Gasteiger partial charge in [-0.25, -0.2) is 9.59 Å². The van der Waals surface area contributed by atoms with Gasteiger partial charge < -0.3 is 24.8 Å². The van der Waals surface area contributed by atoms with Crippen LogP contribution in [0.25, 0.3) is 0 Å². The average molecular weight is 669 g/mol. The molecule has 2 saturated heterocycles. The Labute approximate surface area is 259 Å². The number of amides is 3. The van der Waals surface area contributed by atoms with E-state index in [4.69, 9.17) is 0 Å². The van der Waals surface area contributed by atoms with Crippen molar-refractivity contribution >= 4 is 29.9 Å². The number of hydrogen-bond donors (Lipinski definition) is 1. The van der Waals surface area contributed by atoms with Gasteiger partial charge in [0.15, 0.2) is 0 Å². The van der Waals surface area contributed by atoms with Crippen LogP contribution in [0.15, 0.2) is 24.8 Å². The first-order valence-corrected chi connectivity index (χ1v) is 13.9. The van der Waals surface area contributed by atoms with Crippen LogP contribution in [0.3, 0.4) is 0 Å². The summed E-state index contributed by atoms with van der Waals surface area (Å²) >= 11 is 0. The Hall–Kier alpha value is -4.49. The monoisotopic (exact) mass is 668 g/mol. The van der Waals surface area contributed by atoms with E-state index in [1.807, 2.05) is 0 Å². The van der Waals surface area contributed by atoms with Crippen molar-refractivity contribution < 1.29 is 55.1 Å². The van der Waals surface area contributed by atoms with E-state index in [0.29, 0.717) is 69.0 Å². The van der Waals surface area contributed by atoms with E-state index in [-0.39, 0.29) is 12.5 Å². The maximum absolute atomic E-state index is 12.5. The number of halogens is 6. The van der Waals surface area contributed by atoms with Crippen molar-refractivity contribution in [2.24, 2.45) is 0 Å². The number of ether oxygens (including phenoxy) is 1. The molecule has 256 valence electrons. The first kappa shape index (κ1) is 37.7. The van der Waals surface area contributed by atoms with E-state index in [2.05, 4.69) is 20.3 Å². The fourth-order valence-corrected chi connectivity index (χ4v) is 4.10. The Balaban J connectivity index is 0.000000268. The van der Waals surface area contributed by atoms with Crippen molar-refractivity contribution in [3.05, 3.63) is 35.9 Å². The van der Waals surface area contributed by atoms with Gasteiger partial charge in [-0.15, -0.1) is 0 Å². The molecule has 4 rings (SSSR count). The van der Waals surface area contributed by atoms with Gasteiger partial charge in [-0.2, -0.15) is 45.9 Å². The largest absolute Gasteiger partial charge is 0.419 e. The zero-order valence-corrected chi connectivity index (χ0v) is 25.2. The maximum atomic E-state index is 12.5. The predicted octanol–water partition coefficient (Wildman–Crippen LogP) is 2.69.